The lowest BCUT2D eigenvalue weighted by Gasteiger charge is -2.35. The first-order valence-corrected chi connectivity index (χ1v) is 11.7. The highest BCUT2D eigenvalue weighted by Gasteiger charge is 2.29. The summed E-state index contributed by atoms with van der Waals surface area (Å²) in [6.45, 7) is 1.91. The number of nitrogens with one attached hydrogen (secondary N) is 1. The molecule has 1 aliphatic carbocycles. The number of hydrogen-bond acceptors (Lipinski definition) is 4. The van der Waals surface area contributed by atoms with E-state index in [1.54, 1.807) is 12.1 Å². The number of piperidine rings is 1. The molecule has 5 nitrogen and oxygen atoms in total. The molecule has 1 amide bonds. The quantitative estimate of drug-likeness (QED) is 0.584. The number of rotatable bonds is 9. The van der Waals surface area contributed by atoms with E-state index in [9.17, 15) is 18.0 Å². The molecule has 3 rings (SSSR count). The van der Waals surface area contributed by atoms with Gasteiger partial charge in [0.05, 0.1) is 7.11 Å². The van der Waals surface area contributed by atoms with E-state index in [0.717, 1.165) is 37.4 Å². The normalized spacial score (nSPS) is 19.0. The van der Waals surface area contributed by atoms with E-state index in [1.807, 2.05) is 0 Å². The lowest BCUT2D eigenvalue weighted by molar-refractivity contribution is -0.153. The first-order chi connectivity index (χ1) is 15.3. The molecule has 1 N–H and O–H groups in total. The van der Waals surface area contributed by atoms with E-state index < -0.39 is 12.8 Å². The first kappa shape index (κ1) is 24.7. The lowest BCUT2D eigenvalue weighted by atomic mass is 9.88. The molecule has 1 aliphatic heterocycles. The van der Waals surface area contributed by atoms with Crippen LogP contribution in [0.3, 0.4) is 0 Å². The smallest absolute Gasteiger partial charge is 0.422 e. The Kier molecular flexibility index (Phi) is 9.08. The van der Waals surface area contributed by atoms with Crippen molar-refractivity contribution in [2.45, 2.75) is 70.0 Å². The van der Waals surface area contributed by atoms with Gasteiger partial charge in [-0.3, -0.25) is 4.79 Å². The van der Waals surface area contributed by atoms with Gasteiger partial charge in [-0.1, -0.05) is 25.3 Å². The van der Waals surface area contributed by atoms with Crippen molar-refractivity contribution in [2.75, 3.05) is 33.4 Å². The molecule has 32 heavy (non-hydrogen) atoms. The van der Waals surface area contributed by atoms with Gasteiger partial charge in [0.15, 0.2) is 18.1 Å². The SMILES string of the molecule is COc1cc(CCC(=O)NC2CCN(CC3CCCCC3)CC2)ccc1OCC(F)(F)F. The standard InChI is InChI=1S/C24H35F3N2O3/c1-31-22-15-18(7-9-21(22)32-17-24(25,26)27)8-10-23(30)28-20-11-13-29(14-12-20)16-19-5-3-2-4-6-19/h7,9,15,19-20H,2-6,8,10-14,16-17H2,1H3,(H,28,30). The minimum Gasteiger partial charge on any atom is -0.493 e. The second-order valence-electron chi connectivity index (χ2n) is 9.04. The van der Waals surface area contributed by atoms with Gasteiger partial charge in [-0.15, -0.1) is 0 Å². The highest BCUT2D eigenvalue weighted by molar-refractivity contribution is 5.76. The van der Waals surface area contributed by atoms with Gasteiger partial charge in [-0.2, -0.15) is 13.2 Å². The number of halogens is 3. The Morgan fingerprint density at radius 3 is 2.47 bits per heavy atom. The third kappa shape index (κ3) is 8.19. The van der Waals surface area contributed by atoms with Gasteiger partial charge in [-0.25, -0.2) is 0 Å². The predicted octanol–water partition coefficient (Wildman–Crippen LogP) is 4.73. The number of aryl methyl sites for hydroxylation is 1. The summed E-state index contributed by atoms with van der Waals surface area (Å²) in [6.07, 6.45) is 5.21. The van der Waals surface area contributed by atoms with Crippen LogP contribution in [0.2, 0.25) is 0 Å². The van der Waals surface area contributed by atoms with Crippen LogP contribution in [-0.4, -0.2) is 56.4 Å². The maximum absolute atomic E-state index is 12.4. The van der Waals surface area contributed by atoms with Crippen molar-refractivity contribution in [3.63, 3.8) is 0 Å². The van der Waals surface area contributed by atoms with Crippen LogP contribution in [0, 0.1) is 5.92 Å². The van der Waals surface area contributed by atoms with Crippen LogP contribution in [0.5, 0.6) is 11.5 Å². The van der Waals surface area contributed by atoms with Gasteiger partial charge >= 0.3 is 6.18 Å². The van der Waals surface area contributed by atoms with Crippen molar-refractivity contribution in [3.8, 4) is 11.5 Å². The summed E-state index contributed by atoms with van der Waals surface area (Å²) in [5, 5.41) is 3.14. The summed E-state index contributed by atoms with van der Waals surface area (Å²) in [6, 6.07) is 4.98. The molecule has 2 fully saturated rings. The molecule has 8 heteroatoms. The highest BCUT2D eigenvalue weighted by Crippen LogP contribution is 2.30. The van der Waals surface area contributed by atoms with Gasteiger partial charge < -0.3 is 19.7 Å². The molecule has 0 atom stereocenters. The molecule has 2 aliphatic rings. The molecule has 1 saturated carbocycles. The van der Waals surface area contributed by atoms with Gasteiger partial charge in [0.2, 0.25) is 5.91 Å². The average Bonchev–Trinajstić information content (AvgIpc) is 2.78. The average molecular weight is 457 g/mol. The maximum atomic E-state index is 12.4. The number of carbonyl (C=O) groups excluding carboxylic acids is 1. The number of methoxy groups -OCH3 is 1. The van der Waals surface area contributed by atoms with E-state index in [-0.39, 0.29) is 23.4 Å². The second kappa shape index (κ2) is 11.8. The van der Waals surface area contributed by atoms with Crippen LogP contribution < -0.4 is 14.8 Å². The Labute approximate surface area is 188 Å². The summed E-state index contributed by atoms with van der Waals surface area (Å²) in [5.41, 5.74) is 0.818. The summed E-state index contributed by atoms with van der Waals surface area (Å²) < 4.78 is 47.1. The minimum absolute atomic E-state index is 0.00657. The number of nitrogens with zero attached hydrogens (tertiary/aromatic N) is 1. The first-order valence-electron chi connectivity index (χ1n) is 11.7. The zero-order valence-electron chi connectivity index (χ0n) is 18.9. The third-order valence-electron chi connectivity index (χ3n) is 6.45. The molecule has 0 spiro atoms. The Morgan fingerprint density at radius 2 is 1.81 bits per heavy atom. The summed E-state index contributed by atoms with van der Waals surface area (Å²) in [5.74, 6) is 1.12. The minimum atomic E-state index is -4.41. The van der Waals surface area contributed by atoms with E-state index in [1.165, 1.54) is 51.8 Å². The Morgan fingerprint density at radius 1 is 1.09 bits per heavy atom. The maximum Gasteiger partial charge on any atom is 0.422 e. The van der Waals surface area contributed by atoms with E-state index in [0.29, 0.717) is 12.8 Å². The Hall–Kier alpha value is -1.96. The molecule has 1 saturated heterocycles. The fourth-order valence-corrected chi connectivity index (χ4v) is 4.70. The largest absolute Gasteiger partial charge is 0.493 e. The van der Waals surface area contributed by atoms with Crippen molar-refractivity contribution in [2.24, 2.45) is 5.92 Å². The number of carbonyl (C=O) groups is 1. The van der Waals surface area contributed by atoms with E-state index in [2.05, 4.69) is 10.2 Å². The van der Waals surface area contributed by atoms with Crippen molar-refractivity contribution >= 4 is 5.91 Å². The van der Waals surface area contributed by atoms with Gasteiger partial charge in [0.1, 0.15) is 0 Å². The van der Waals surface area contributed by atoms with Crippen LogP contribution in [-0.2, 0) is 11.2 Å². The van der Waals surface area contributed by atoms with Crippen molar-refractivity contribution in [3.05, 3.63) is 23.8 Å². The van der Waals surface area contributed by atoms with Crippen molar-refractivity contribution in [1.82, 2.24) is 10.2 Å². The molecule has 180 valence electrons. The number of benzene rings is 1. The predicted molar refractivity (Wildman–Crippen MR) is 117 cm³/mol. The number of amides is 1. The van der Waals surface area contributed by atoms with Crippen LogP contribution >= 0.6 is 0 Å². The fraction of sp³-hybridized carbons (Fsp3) is 0.708. The Balaban J connectivity index is 1.38. The zero-order valence-corrected chi connectivity index (χ0v) is 18.9. The fourth-order valence-electron chi connectivity index (χ4n) is 4.70. The lowest BCUT2D eigenvalue weighted by Crippen LogP contribution is -2.46. The van der Waals surface area contributed by atoms with Gasteiger partial charge in [-0.05, 0) is 55.7 Å². The molecule has 0 radical (unpaired) electrons. The summed E-state index contributed by atoms with van der Waals surface area (Å²) in [7, 11) is 1.38. The molecule has 1 aromatic carbocycles. The molecule has 1 heterocycles. The highest BCUT2D eigenvalue weighted by atomic mass is 19.4. The van der Waals surface area contributed by atoms with Gasteiger partial charge in [0.25, 0.3) is 0 Å². The summed E-state index contributed by atoms with van der Waals surface area (Å²) in [4.78, 5) is 15.0. The monoisotopic (exact) mass is 456 g/mol. The van der Waals surface area contributed by atoms with Crippen LogP contribution in [0.15, 0.2) is 18.2 Å². The second-order valence-corrected chi connectivity index (χ2v) is 9.04. The van der Waals surface area contributed by atoms with Crippen LogP contribution in [0.4, 0.5) is 13.2 Å². The summed E-state index contributed by atoms with van der Waals surface area (Å²) >= 11 is 0. The number of alkyl halides is 3. The molecule has 0 bridgehead atoms. The van der Waals surface area contributed by atoms with E-state index >= 15 is 0 Å². The van der Waals surface area contributed by atoms with Crippen molar-refractivity contribution < 1.29 is 27.4 Å². The van der Waals surface area contributed by atoms with Gasteiger partial charge in [0, 0.05) is 32.1 Å². The number of ether oxygens (including phenoxy) is 2. The Bertz CT molecular complexity index is 728. The third-order valence-corrected chi connectivity index (χ3v) is 6.45. The number of hydrogen-bond donors (Lipinski definition) is 1. The number of likely N-dealkylation sites (tertiary alicyclic amines) is 1. The van der Waals surface area contributed by atoms with Crippen molar-refractivity contribution in [1.29, 1.82) is 0 Å². The zero-order chi connectivity index (χ0) is 23.0. The molecule has 1 aromatic rings. The van der Waals surface area contributed by atoms with Crippen LogP contribution in [0.1, 0.15) is 56.9 Å². The molecular weight excluding hydrogens is 421 g/mol. The molecular formula is C24H35F3N2O3. The van der Waals surface area contributed by atoms with E-state index in [4.69, 9.17) is 9.47 Å². The topological polar surface area (TPSA) is 50.8 Å². The molecule has 0 aromatic heterocycles. The molecule has 0 unspecified atom stereocenters. The van der Waals surface area contributed by atoms with Crippen LogP contribution in [0.25, 0.3) is 0 Å².